The molecule has 5 rings (SSSR count). The fourth-order valence-electron chi connectivity index (χ4n) is 3.17. The number of ether oxygens (including phenoxy) is 1. The summed E-state index contributed by atoms with van der Waals surface area (Å²) in [6.45, 7) is 0.542. The van der Waals surface area contributed by atoms with Crippen LogP contribution in [0.2, 0.25) is 0 Å². The molecule has 0 unspecified atom stereocenters. The van der Waals surface area contributed by atoms with Gasteiger partial charge in [0.15, 0.2) is 11.5 Å². The normalized spacial score (nSPS) is 11.3. The molecule has 146 valence electrons. The Bertz CT molecular complexity index is 1310. The molecule has 0 atom stereocenters. The highest BCUT2D eigenvalue weighted by atomic mass is 16.5. The Hall–Kier alpha value is -4.26. The maximum atomic E-state index is 5.82. The third-order valence-corrected chi connectivity index (χ3v) is 4.67. The number of aromatic nitrogens is 4. The van der Waals surface area contributed by atoms with Gasteiger partial charge in [-0.3, -0.25) is 5.43 Å². The fraction of sp³-hybridized carbons (Fsp3) is 0.0435. The molecule has 0 aliphatic carbocycles. The smallest absolute Gasteiger partial charge is 0.185 e. The molecule has 30 heavy (non-hydrogen) atoms. The molecule has 0 spiro atoms. The van der Waals surface area contributed by atoms with Gasteiger partial charge in [-0.1, -0.05) is 54.6 Å². The number of benzene rings is 3. The van der Waals surface area contributed by atoms with Crippen LogP contribution in [0.5, 0.6) is 5.75 Å². The second-order valence-corrected chi connectivity index (χ2v) is 6.71. The molecule has 0 amide bonds. The Labute approximate surface area is 172 Å². The molecule has 0 radical (unpaired) electrons. The van der Waals surface area contributed by atoms with Crippen molar-refractivity contribution in [2.24, 2.45) is 5.10 Å². The summed E-state index contributed by atoms with van der Waals surface area (Å²) in [6.07, 6.45) is 3.32. The molecule has 0 saturated heterocycles. The van der Waals surface area contributed by atoms with Gasteiger partial charge in [-0.2, -0.15) is 9.62 Å². The number of anilines is 1. The zero-order valence-electron chi connectivity index (χ0n) is 16.0. The summed E-state index contributed by atoms with van der Waals surface area (Å²) >= 11 is 0. The van der Waals surface area contributed by atoms with Gasteiger partial charge < -0.3 is 4.74 Å². The van der Waals surface area contributed by atoms with Crippen molar-refractivity contribution in [1.29, 1.82) is 0 Å². The molecular weight excluding hydrogens is 376 g/mol. The Morgan fingerprint density at radius 1 is 0.900 bits per heavy atom. The average Bonchev–Trinajstić information content (AvgIpc) is 3.28. The average molecular weight is 394 g/mol. The number of hydrazone groups is 1. The summed E-state index contributed by atoms with van der Waals surface area (Å²) in [4.78, 5) is 0. The minimum Gasteiger partial charge on any atom is -0.489 e. The number of hydrogen-bond donors (Lipinski definition) is 1. The lowest BCUT2D eigenvalue weighted by Crippen LogP contribution is -2.00. The molecule has 2 heterocycles. The molecule has 0 bridgehead atoms. The molecule has 2 aromatic heterocycles. The lowest BCUT2D eigenvalue weighted by atomic mass is 10.2. The van der Waals surface area contributed by atoms with Crippen LogP contribution in [0.15, 0.2) is 90.3 Å². The van der Waals surface area contributed by atoms with Gasteiger partial charge in [-0.25, -0.2) is 0 Å². The van der Waals surface area contributed by atoms with Crippen molar-refractivity contribution < 1.29 is 4.74 Å². The molecule has 1 N–H and O–H groups in total. The molecule has 5 aromatic rings. The Kier molecular flexibility index (Phi) is 4.75. The van der Waals surface area contributed by atoms with E-state index < -0.39 is 0 Å². The minimum absolute atomic E-state index is 0.542. The second kappa shape index (κ2) is 8.00. The van der Waals surface area contributed by atoms with Gasteiger partial charge in [0.05, 0.1) is 6.21 Å². The summed E-state index contributed by atoms with van der Waals surface area (Å²) < 4.78 is 7.46. The highest BCUT2D eigenvalue weighted by Gasteiger charge is 2.08. The molecular formula is C23H18N6O. The topological polar surface area (TPSA) is 76.7 Å². The first kappa shape index (κ1) is 17.8. The van der Waals surface area contributed by atoms with Gasteiger partial charge in [-0.15, -0.1) is 15.3 Å². The van der Waals surface area contributed by atoms with E-state index in [0.717, 1.165) is 27.6 Å². The van der Waals surface area contributed by atoms with Crippen LogP contribution < -0.4 is 10.2 Å². The van der Waals surface area contributed by atoms with E-state index in [9.17, 15) is 0 Å². The predicted molar refractivity (Wildman–Crippen MR) is 117 cm³/mol. The van der Waals surface area contributed by atoms with Crippen LogP contribution >= 0.6 is 0 Å². The van der Waals surface area contributed by atoms with Crippen molar-refractivity contribution in [2.75, 3.05) is 5.43 Å². The van der Waals surface area contributed by atoms with Crippen molar-refractivity contribution in [2.45, 2.75) is 6.61 Å². The van der Waals surface area contributed by atoms with E-state index in [4.69, 9.17) is 4.74 Å². The van der Waals surface area contributed by atoms with Crippen molar-refractivity contribution in [3.63, 3.8) is 0 Å². The van der Waals surface area contributed by atoms with E-state index >= 15 is 0 Å². The summed E-state index contributed by atoms with van der Waals surface area (Å²) in [5.41, 5.74) is 5.83. The van der Waals surface area contributed by atoms with Crippen LogP contribution in [0.1, 0.15) is 11.1 Å². The largest absolute Gasteiger partial charge is 0.489 e. The lowest BCUT2D eigenvalue weighted by molar-refractivity contribution is 0.306. The van der Waals surface area contributed by atoms with Crippen LogP contribution in [0.25, 0.3) is 16.4 Å². The number of nitrogens with zero attached hydrogens (tertiary/aromatic N) is 5. The maximum Gasteiger partial charge on any atom is 0.185 e. The molecule has 7 heteroatoms. The minimum atomic E-state index is 0.542. The van der Waals surface area contributed by atoms with Crippen LogP contribution in [-0.2, 0) is 6.61 Å². The van der Waals surface area contributed by atoms with Crippen molar-refractivity contribution >= 4 is 28.5 Å². The van der Waals surface area contributed by atoms with Gasteiger partial charge in [0.1, 0.15) is 18.7 Å². The van der Waals surface area contributed by atoms with E-state index in [0.29, 0.717) is 18.1 Å². The summed E-state index contributed by atoms with van der Waals surface area (Å²) in [6, 6.07) is 25.8. The Morgan fingerprint density at radius 3 is 2.50 bits per heavy atom. The lowest BCUT2D eigenvalue weighted by Gasteiger charge is -2.07. The van der Waals surface area contributed by atoms with Crippen molar-refractivity contribution in [3.05, 3.63) is 96.3 Å². The van der Waals surface area contributed by atoms with E-state index in [2.05, 4.69) is 25.8 Å². The molecule has 0 fully saturated rings. The van der Waals surface area contributed by atoms with Gasteiger partial charge in [0.2, 0.25) is 0 Å². The van der Waals surface area contributed by atoms with Crippen LogP contribution in [0.3, 0.4) is 0 Å². The highest BCUT2D eigenvalue weighted by Crippen LogP contribution is 2.23. The molecule has 3 aromatic carbocycles. The number of rotatable bonds is 6. The fourth-order valence-corrected chi connectivity index (χ4v) is 3.17. The maximum absolute atomic E-state index is 5.82. The van der Waals surface area contributed by atoms with Crippen LogP contribution in [0.4, 0.5) is 5.82 Å². The van der Waals surface area contributed by atoms with Crippen molar-refractivity contribution in [1.82, 2.24) is 19.8 Å². The van der Waals surface area contributed by atoms with Gasteiger partial charge >= 0.3 is 0 Å². The van der Waals surface area contributed by atoms with Gasteiger partial charge in [-0.05, 0) is 35.4 Å². The summed E-state index contributed by atoms with van der Waals surface area (Å²) in [5, 5.41) is 18.8. The van der Waals surface area contributed by atoms with Gasteiger partial charge in [0.25, 0.3) is 0 Å². The Balaban J connectivity index is 1.29. The molecule has 7 nitrogen and oxygen atoms in total. The van der Waals surface area contributed by atoms with E-state index in [1.807, 2.05) is 78.9 Å². The number of nitrogens with one attached hydrogen (secondary N) is 1. The molecule has 0 saturated carbocycles. The SMILES string of the molecule is C(=N\Nc1nn2cnnc2c2ccccc12)/c1ccc(OCc2ccccc2)cc1. The monoisotopic (exact) mass is 394 g/mol. The highest BCUT2D eigenvalue weighted by molar-refractivity contribution is 5.99. The Morgan fingerprint density at radius 2 is 1.67 bits per heavy atom. The molecule has 0 aliphatic heterocycles. The summed E-state index contributed by atoms with van der Waals surface area (Å²) in [7, 11) is 0. The third kappa shape index (κ3) is 3.68. The standard InChI is InChI=1S/C23H18N6O/c1-2-6-18(7-3-1)15-30-19-12-10-17(11-13-19)14-24-26-22-20-8-4-5-9-21(20)23-27-25-16-29(23)28-22/h1-14,16H,15H2,(H,26,28)/b24-14+. The first-order valence-electron chi connectivity index (χ1n) is 9.51. The van der Waals surface area contributed by atoms with E-state index in [1.165, 1.54) is 0 Å². The quantitative estimate of drug-likeness (QED) is 0.343. The van der Waals surface area contributed by atoms with E-state index in [-0.39, 0.29) is 0 Å². The van der Waals surface area contributed by atoms with Crippen LogP contribution in [0, 0.1) is 0 Å². The third-order valence-electron chi connectivity index (χ3n) is 4.67. The van der Waals surface area contributed by atoms with E-state index in [1.54, 1.807) is 17.1 Å². The van der Waals surface area contributed by atoms with Crippen LogP contribution in [-0.4, -0.2) is 26.0 Å². The first-order valence-corrected chi connectivity index (χ1v) is 9.51. The summed E-state index contributed by atoms with van der Waals surface area (Å²) in [5.74, 6) is 1.45. The zero-order valence-corrected chi connectivity index (χ0v) is 16.0. The zero-order chi connectivity index (χ0) is 20.2. The number of hydrogen-bond acceptors (Lipinski definition) is 6. The van der Waals surface area contributed by atoms with Gasteiger partial charge in [0, 0.05) is 10.8 Å². The first-order chi connectivity index (χ1) is 14.9. The second-order valence-electron chi connectivity index (χ2n) is 6.71. The van der Waals surface area contributed by atoms with Crippen molar-refractivity contribution in [3.8, 4) is 5.75 Å². The number of fused-ring (bicyclic) bond motifs is 3. The predicted octanol–water partition coefficient (Wildman–Crippen LogP) is 4.30. The molecule has 0 aliphatic rings.